The Hall–Kier alpha value is -1.10. The summed E-state index contributed by atoms with van der Waals surface area (Å²) in [5.41, 5.74) is 8.89. The zero-order chi connectivity index (χ0) is 6.73. The van der Waals surface area contributed by atoms with Gasteiger partial charge in [-0.05, 0) is 0 Å². The first-order valence-corrected chi connectivity index (χ1v) is 1.82. The van der Waals surface area contributed by atoms with Crippen molar-refractivity contribution in [3.05, 3.63) is 0 Å². The fourth-order valence-corrected chi connectivity index (χ4v) is 0.140. The van der Waals surface area contributed by atoms with Gasteiger partial charge in [0.25, 0.3) is 11.8 Å². The van der Waals surface area contributed by atoms with Gasteiger partial charge >= 0.3 is 0 Å². The zero-order valence-electron chi connectivity index (χ0n) is 4.00. The third kappa shape index (κ3) is 1.57. The molecule has 2 amide bonds. The van der Waals surface area contributed by atoms with E-state index in [9.17, 15) is 9.59 Å². The lowest BCUT2D eigenvalue weighted by Crippen LogP contribution is -2.39. The van der Waals surface area contributed by atoms with Gasteiger partial charge in [-0.25, -0.2) is 0 Å². The Bertz CT molecular complexity index is 108. The van der Waals surface area contributed by atoms with Crippen molar-refractivity contribution in [2.45, 2.75) is 6.10 Å². The van der Waals surface area contributed by atoms with Crippen molar-refractivity contribution in [2.24, 2.45) is 11.5 Å². The number of nitrogens with two attached hydrogens (primary N) is 2. The summed E-state index contributed by atoms with van der Waals surface area (Å²) in [6, 6.07) is 0. The molecule has 0 aliphatic heterocycles. The van der Waals surface area contributed by atoms with E-state index in [1.54, 1.807) is 0 Å². The molecule has 0 radical (unpaired) electrons. The van der Waals surface area contributed by atoms with E-state index in [-0.39, 0.29) is 0 Å². The van der Waals surface area contributed by atoms with Crippen molar-refractivity contribution in [2.75, 3.05) is 0 Å². The summed E-state index contributed by atoms with van der Waals surface area (Å²) in [4.78, 5) is 19.6. The lowest BCUT2D eigenvalue weighted by Gasteiger charge is -1.96. The lowest BCUT2D eigenvalue weighted by atomic mass is 10.3. The van der Waals surface area contributed by atoms with Gasteiger partial charge in [-0.3, -0.25) is 9.59 Å². The topological polar surface area (TPSA) is 106 Å². The van der Waals surface area contributed by atoms with Gasteiger partial charge in [-0.15, -0.1) is 0 Å². The number of hydrogen-bond acceptors (Lipinski definition) is 3. The molecule has 5 heteroatoms. The molecule has 46 valence electrons. The molecule has 0 aromatic rings. The highest BCUT2D eigenvalue weighted by atomic mass is 16.3. The molecule has 0 saturated heterocycles. The van der Waals surface area contributed by atoms with Crippen LogP contribution in [0.4, 0.5) is 0 Å². The monoisotopic (exact) mass is 118 g/mol. The molecule has 0 spiro atoms. The van der Waals surface area contributed by atoms with Gasteiger partial charge < -0.3 is 16.6 Å². The van der Waals surface area contributed by atoms with Gasteiger partial charge in [0.1, 0.15) is 0 Å². The van der Waals surface area contributed by atoms with Crippen LogP contribution < -0.4 is 11.5 Å². The molecule has 0 atom stereocenters. The fraction of sp³-hybridized carbons (Fsp3) is 0.333. The molecule has 0 aromatic heterocycles. The number of amides is 2. The van der Waals surface area contributed by atoms with Crippen LogP contribution in [0.1, 0.15) is 0 Å². The number of primary amides is 2. The van der Waals surface area contributed by atoms with Crippen LogP contribution in [-0.2, 0) is 9.59 Å². The third-order valence-corrected chi connectivity index (χ3v) is 0.539. The summed E-state index contributed by atoms with van der Waals surface area (Å²) >= 11 is 0. The zero-order valence-corrected chi connectivity index (χ0v) is 4.00. The molecular weight excluding hydrogens is 112 g/mol. The quantitative estimate of drug-likeness (QED) is 0.344. The molecular formula is C3H6N2O3. The van der Waals surface area contributed by atoms with Crippen LogP contribution in [0.25, 0.3) is 0 Å². The Morgan fingerprint density at radius 3 is 1.50 bits per heavy atom. The van der Waals surface area contributed by atoms with Crippen LogP contribution in [0.3, 0.4) is 0 Å². The molecule has 0 heterocycles. The number of hydrogen-bond donors (Lipinski definition) is 3. The van der Waals surface area contributed by atoms with Crippen molar-refractivity contribution in [3.8, 4) is 0 Å². The summed E-state index contributed by atoms with van der Waals surface area (Å²) in [7, 11) is 0. The largest absolute Gasteiger partial charge is 0.375 e. The molecule has 0 aromatic carbocycles. The Kier molecular flexibility index (Phi) is 1.96. The molecule has 8 heavy (non-hydrogen) atoms. The molecule has 0 saturated carbocycles. The molecule has 5 N–H and O–H groups in total. The van der Waals surface area contributed by atoms with Crippen molar-refractivity contribution in [1.29, 1.82) is 0 Å². The summed E-state index contributed by atoms with van der Waals surface area (Å²) in [5.74, 6) is -2.25. The molecule has 0 aliphatic rings. The van der Waals surface area contributed by atoms with E-state index >= 15 is 0 Å². The number of carbonyl (C=O) groups excluding carboxylic acids is 2. The minimum absolute atomic E-state index is 1.13. The highest BCUT2D eigenvalue weighted by Crippen LogP contribution is 1.74. The van der Waals surface area contributed by atoms with E-state index in [1.165, 1.54) is 0 Å². The van der Waals surface area contributed by atoms with Gasteiger partial charge in [0.05, 0.1) is 0 Å². The first-order chi connectivity index (χ1) is 3.55. The van der Waals surface area contributed by atoms with Crippen LogP contribution in [0.2, 0.25) is 0 Å². The Labute approximate surface area is 45.3 Å². The summed E-state index contributed by atoms with van der Waals surface area (Å²) in [5, 5.41) is 8.25. The van der Waals surface area contributed by atoms with Crippen LogP contribution >= 0.6 is 0 Å². The first kappa shape index (κ1) is 6.90. The standard InChI is InChI=1S/C3H6N2O3/c4-2(7)1(6)3(5)8/h1,6H,(H2,4,7)(H2,5,8). The molecule has 0 aliphatic carbocycles. The number of aliphatic hydroxyl groups excluding tert-OH is 1. The van der Waals surface area contributed by atoms with E-state index in [0.29, 0.717) is 0 Å². The fourth-order valence-electron chi connectivity index (χ4n) is 0.140. The van der Waals surface area contributed by atoms with Gasteiger partial charge in [-0.2, -0.15) is 0 Å². The van der Waals surface area contributed by atoms with Crippen LogP contribution in [-0.4, -0.2) is 23.0 Å². The van der Waals surface area contributed by atoms with Gasteiger partial charge in [-0.1, -0.05) is 0 Å². The SMILES string of the molecule is NC(=O)C(O)C(N)=O. The molecule has 0 rings (SSSR count). The van der Waals surface area contributed by atoms with Crippen LogP contribution in [0, 0.1) is 0 Å². The minimum Gasteiger partial charge on any atom is -0.375 e. The predicted octanol–water partition coefficient (Wildman–Crippen LogP) is -2.68. The van der Waals surface area contributed by atoms with E-state index < -0.39 is 17.9 Å². The van der Waals surface area contributed by atoms with E-state index in [2.05, 4.69) is 11.5 Å². The minimum atomic E-state index is -1.85. The maximum absolute atomic E-state index is 9.81. The van der Waals surface area contributed by atoms with Crippen molar-refractivity contribution >= 4 is 11.8 Å². The maximum Gasteiger partial charge on any atom is 0.256 e. The molecule has 0 fully saturated rings. The average Bonchev–Trinajstić information content (AvgIpc) is 1.64. The Morgan fingerprint density at radius 1 is 1.25 bits per heavy atom. The first-order valence-electron chi connectivity index (χ1n) is 1.82. The second-order valence-electron chi connectivity index (χ2n) is 1.21. The molecule has 0 bridgehead atoms. The molecule has 5 nitrogen and oxygen atoms in total. The van der Waals surface area contributed by atoms with Crippen molar-refractivity contribution in [3.63, 3.8) is 0 Å². The highest BCUT2D eigenvalue weighted by Gasteiger charge is 2.16. The van der Waals surface area contributed by atoms with Crippen molar-refractivity contribution in [1.82, 2.24) is 0 Å². The number of carbonyl (C=O) groups is 2. The highest BCUT2D eigenvalue weighted by molar-refractivity contribution is 6.01. The van der Waals surface area contributed by atoms with Gasteiger partial charge in [0, 0.05) is 0 Å². The second-order valence-corrected chi connectivity index (χ2v) is 1.21. The average molecular weight is 118 g/mol. The van der Waals surface area contributed by atoms with Crippen molar-refractivity contribution < 1.29 is 14.7 Å². The Balaban J connectivity index is 3.83. The summed E-state index contributed by atoms with van der Waals surface area (Å²) in [6.07, 6.45) is -1.85. The number of rotatable bonds is 2. The van der Waals surface area contributed by atoms with E-state index in [0.717, 1.165) is 0 Å². The maximum atomic E-state index is 9.81. The second kappa shape index (κ2) is 2.27. The number of aliphatic hydroxyl groups is 1. The lowest BCUT2D eigenvalue weighted by molar-refractivity contribution is -0.137. The third-order valence-electron chi connectivity index (χ3n) is 0.539. The summed E-state index contributed by atoms with van der Waals surface area (Å²) < 4.78 is 0. The van der Waals surface area contributed by atoms with Crippen LogP contribution in [0.15, 0.2) is 0 Å². The van der Waals surface area contributed by atoms with E-state index in [1.807, 2.05) is 0 Å². The predicted molar refractivity (Wildman–Crippen MR) is 24.4 cm³/mol. The van der Waals surface area contributed by atoms with Gasteiger partial charge in [0.2, 0.25) is 6.10 Å². The smallest absolute Gasteiger partial charge is 0.256 e. The normalized spacial score (nSPS) is 9.25. The van der Waals surface area contributed by atoms with Crippen LogP contribution in [0.5, 0.6) is 0 Å². The summed E-state index contributed by atoms with van der Waals surface area (Å²) in [6.45, 7) is 0. The van der Waals surface area contributed by atoms with E-state index in [4.69, 9.17) is 5.11 Å². The van der Waals surface area contributed by atoms with Gasteiger partial charge in [0.15, 0.2) is 0 Å². The molecule has 0 unspecified atom stereocenters. The Morgan fingerprint density at radius 2 is 1.50 bits per heavy atom.